The van der Waals surface area contributed by atoms with Gasteiger partial charge in [0.15, 0.2) is 0 Å². The van der Waals surface area contributed by atoms with Gasteiger partial charge in [0.2, 0.25) is 5.91 Å². The maximum atomic E-state index is 11.4. The Balaban J connectivity index is 2.24. The minimum Gasteiger partial charge on any atom is -0.493 e. The lowest BCUT2D eigenvalue weighted by atomic mass is 10.1. The zero-order valence-corrected chi connectivity index (χ0v) is 11.0. The van der Waals surface area contributed by atoms with E-state index in [-0.39, 0.29) is 12.5 Å². The van der Waals surface area contributed by atoms with Gasteiger partial charge >= 0.3 is 0 Å². The Labute approximate surface area is 108 Å². The molecule has 18 heavy (non-hydrogen) atoms. The molecule has 0 fully saturated rings. The van der Waals surface area contributed by atoms with Gasteiger partial charge in [-0.05, 0) is 43.5 Å². The van der Waals surface area contributed by atoms with Crippen molar-refractivity contribution >= 4 is 5.91 Å². The molecule has 1 aromatic rings. The quantitative estimate of drug-likeness (QED) is 0.723. The molecule has 0 atom stereocenters. The standard InChI is InChI=1S/C14H21NO3/c1-11-4-5-13(10-12(11)2)18-9-6-14(17)15-7-3-8-16/h4-5,10,16H,3,6-9H2,1-2H3,(H,15,17). The lowest BCUT2D eigenvalue weighted by Gasteiger charge is -2.08. The van der Waals surface area contributed by atoms with Crippen molar-refractivity contribution in [1.29, 1.82) is 0 Å². The fraction of sp³-hybridized carbons (Fsp3) is 0.500. The van der Waals surface area contributed by atoms with Crippen LogP contribution in [0.15, 0.2) is 18.2 Å². The number of amides is 1. The van der Waals surface area contributed by atoms with Crippen LogP contribution in [0.1, 0.15) is 24.0 Å². The van der Waals surface area contributed by atoms with Gasteiger partial charge in [-0.3, -0.25) is 4.79 Å². The third kappa shape index (κ3) is 5.19. The smallest absolute Gasteiger partial charge is 0.223 e. The topological polar surface area (TPSA) is 58.6 Å². The second-order valence-corrected chi connectivity index (χ2v) is 4.27. The number of aliphatic hydroxyl groups is 1. The number of nitrogens with one attached hydrogen (secondary N) is 1. The lowest BCUT2D eigenvalue weighted by Crippen LogP contribution is -2.26. The minimum absolute atomic E-state index is 0.0488. The summed E-state index contributed by atoms with van der Waals surface area (Å²) < 4.78 is 5.51. The highest BCUT2D eigenvalue weighted by atomic mass is 16.5. The summed E-state index contributed by atoms with van der Waals surface area (Å²) in [7, 11) is 0. The number of hydrogen-bond donors (Lipinski definition) is 2. The van der Waals surface area contributed by atoms with Crippen LogP contribution in [0.25, 0.3) is 0 Å². The Kier molecular flexibility index (Phi) is 6.22. The van der Waals surface area contributed by atoms with Crippen LogP contribution in [-0.4, -0.2) is 30.8 Å². The number of rotatable bonds is 7. The Morgan fingerprint density at radius 1 is 1.33 bits per heavy atom. The van der Waals surface area contributed by atoms with Gasteiger partial charge in [-0.1, -0.05) is 6.07 Å². The number of hydrogen-bond acceptors (Lipinski definition) is 3. The maximum absolute atomic E-state index is 11.4. The first-order chi connectivity index (χ1) is 8.63. The molecule has 0 heterocycles. The van der Waals surface area contributed by atoms with Gasteiger partial charge in [0.25, 0.3) is 0 Å². The molecular formula is C14H21NO3. The number of ether oxygens (including phenoxy) is 1. The molecule has 100 valence electrons. The second kappa shape index (κ2) is 7.71. The van der Waals surface area contributed by atoms with Crippen LogP contribution in [0.3, 0.4) is 0 Å². The summed E-state index contributed by atoms with van der Waals surface area (Å²) in [6, 6.07) is 5.89. The van der Waals surface area contributed by atoms with Gasteiger partial charge in [0, 0.05) is 13.2 Å². The van der Waals surface area contributed by atoms with E-state index in [4.69, 9.17) is 9.84 Å². The first-order valence-electron chi connectivity index (χ1n) is 6.21. The van der Waals surface area contributed by atoms with Crippen molar-refractivity contribution in [1.82, 2.24) is 5.32 Å². The molecule has 0 aromatic heterocycles. The van der Waals surface area contributed by atoms with Gasteiger partial charge in [0.05, 0.1) is 13.0 Å². The van der Waals surface area contributed by atoms with Crippen LogP contribution in [0.2, 0.25) is 0 Å². The van der Waals surface area contributed by atoms with E-state index in [1.807, 2.05) is 32.0 Å². The monoisotopic (exact) mass is 251 g/mol. The third-order valence-corrected chi connectivity index (χ3v) is 2.73. The summed E-state index contributed by atoms with van der Waals surface area (Å²) in [5.74, 6) is 0.744. The molecule has 1 rings (SSSR count). The van der Waals surface area contributed by atoms with E-state index in [1.165, 1.54) is 11.1 Å². The van der Waals surface area contributed by atoms with Crippen molar-refractivity contribution in [3.05, 3.63) is 29.3 Å². The number of aliphatic hydroxyl groups excluding tert-OH is 1. The first kappa shape index (κ1) is 14.5. The molecule has 4 nitrogen and oxygen atoms in total. The van der Waals surface area contributed by atoms with Crippen LogP contribution in [-0.2, 0) is 4.79 Å². The normalized spacial score (nSPS) is 10.2. The summed E-state index contributed by atoms with van der Waals surface area (Å²) in [4.78, 5) is 11.4. The zero-order chi connectivity index (χ0) is 13.4. The van der Waals surface area contributed by atoms with E-state index in [9.17, 15) is 4.79 Å². The highest BCUT2D eigenvalue weighted by Crippen LogP contribution is 2.16. The average molecular weight is 251 g/mol. The predicted octanol–water partition coefficient (Wildman–Crippen LogP) is 1.57. The second-order valence-electron chi connectivity index (χ2n) is 4.27. The molecule has 2 N–H and O–H groups in total. The number of aryl methyl sites for hydroxylation is 2. The Hall–Kier alpha value is -1.55. The maximum Gasteiger partial charge on any atom is 0.223 e. The Morgan fingerprint density at radius 3 is 2.78 bits per heavy atom. The van der Waals surface area contributed by atoms with Crippen LogP contribution in [0, 0.1) is 13.8 Å². The fourth-order valence-corrected chi connectivity index (χ4v) is 1.46. The molecule has 1 aromatic carbocycles. The van der Waals surface area contributed by atoms with Crippen molar-refractivity contribution in [3.8, 4) is 5.75 Å². The van der Waals surface area contributed by atoms with Gasteiger partial charge in [-0.15, -0.1) is 0 Å². The molecule has 0 bridgehead atoms. The summed E-state index contributed by atoms with van der Waals surface area (Å²) >= 11 is 0. The molecule has 0 saturated carbocycles. The van der Waals surface area contributed by atoms with Crippen molar-refractivity contribution in [3.63, 3.8) is 0 Å². The van der Waals surface area contributed by atoms with Crippen molar-refractivity contribution in [2.75, 3.05) is 19.8 Å². The average Bonchev–Trinajstić information content (AvgIpc) is 2.34. The van der Waals surface area contributed by atoms with Crippen molar-refractivity contribution in [2.45, 2.75) is 26.7 Å². The molecule has 4 heteroatoms. The molecule has 0 unspecified atom stereocenters. The van der Waals surface area contributed by atoms with E-state index in [0.717, 1.165) is 5.75 Å². The van der Waals surface area contributed by atoms with Gasteiger partial charge in [-0.2, -0.15) is 0 Å². The molecule has 0 radical (unpaired) electrons. The lowest BCUT2D eigenvalue weighted by molar-refractivity contribution is -0.121. The number of carbonyl (C=O) groups is 1. The molecular weight excluding hydrogens is 230 g/mol. The van der Waals surface area contributed by atoms with Crippen molar-refractivity contribution < 1.29 is 14.6 Å². The zero-order valence-electron chi connectivity index (χ0n) is 11.0. The fourth-order valence-electron chi connectivity index (χ4n) is 1.46. The highest BCUT2D eigenvalue weighted by Gasteiger charge is 2.02. The van der Waals surface area contributed by atoms with E-state index in [0.29, 0.717) is 26.0 Å². The molecule has 0 saturated heterocycles. The largest absolute Gasteiger partial charge is 0.493 e. The van der Waals surface area contributed by atoms with Gasteiger partial charge < -0.3 is 15.2 Å². The van der Waals surface area contributed by atoms with E-state index < -0.39 is 0 Å². The summed E-state index contributed by atoms with van der Waals surface area (Å²) in [5.41, 5.74) is 2.41. The summed E-state index contributed by atoms with van der Waals surface area (Å²) in [6.07, 6.45) is 0.919. The van der Waals surface area contributed by atoms with Gasteiger partial charge in [0.1, 0.15) is 5.75 Å². The molecule has 0 aliphatic carbocycles. The number of carbonyl (C=O) groups excluding carboxylic acids is 1. The number of benzene rings is 1. The van der Waals surface area contributed by atoms with E-state index in [1.54, 1.807) is 0 Å². The van der Waals surface area contributed by atoms with E-state index >= 15 is 0 Å². The van der Waals surface area contributed by atoms with Gasteiger partial charge in [-0.25, -0.2) is 0 Å². The van der Waals surface area contributed by atoms with Crippen LogP contribution in [0.4, 0.5) is 0 Å². The Bertz CT molecular complexity index is 391. The molecule has 0 spiro atoms. The van der Waals surface area contributed by atoms with Crippen LogP contribution in [0.5, 0.6) is 5.75 Å². The van der Waals surface area contributed by atoms with E-state index in [2.05, 4.69) is 5.32 Å². The molecule has 0 aliphatic heterocycles. The summed E-state index contributed by atoms with van der Waals surface area (Å²) in [6.45, 7) is 5.06. The Morgan fingerprint density at radius 2 is 2.11 bits per heavy atom. The van der Waals surface area contributed by atoms with Crippen LogP contribution >= 0.6 is 0 Å². The van der Waals surface area contributed by atoms with Crippen LogP contribution < -0.4 is 10.1 Å². The predicted molar refractivity (Wildman–Crippen MR) is 70.7 cm³/mol. The molecule has 1 amide bonds. The SMILES string of the molecule is Cc1ccc(OCCC(=O)NCCCO)cc1C. The first-order valence-corrected chi connectivity index (χ1v) is 6.21. The third-order valence-electron chi connectivity index (χ3n) is 2.73. The summed E-state index contributed by atoms with van der Waals surface area (Å²) in [5, 5.41) is 11.3. The minimum atomic E-state index is -0.0488. The highest BCUT2D eigenvalue weighted by molar-refractivity contribution is 5.75. The van der Waals surface area contributed by atoms with Crippen molar-refractivity contribution in [2.24, 2.45) is 0 Å². The molecule has 0 aliphatic rings.